The van der Waals surface area contributed by atoms with Gasteiger partial charge in [0.15, 0.2) is 0 Å². The molecule has 0 bridgehead atoms. The lowest BCUT2D eigenvalue weighted by molar-refractivity contribution is -0.141. The van der Waals surface area contributed by atoms with E-state index in [2.05, 4.69) is 4.98 Å². The highest BCUT2D eigenvalue weighted by Gasteiger charge is 2.33. The summed E-state index contributed by atoms with van der Waals surface area (Å²) in [6.07, 6.45) is -3.22. The first kappa shape index (κ1) is 17.4. The van der Waals surface area contributed by atoms with Gasteiger partial charge in [-0.1, -0.05) is 11.6 Å². The fraction of sp³-hybridized carbons (Fsp3) is 0.0526. The molecule has 4 rings (SSSR count). The minimum Gasteiger partial charge on any atom is -0.464 e. The highest BCUT2D eigenvalue weighted by atomic mass is 35.5. The monoisotopic (exact) mass is 390 g/mol. The number of rotatable bonds is 2. The van der Waals surface area contributed by atoms with E-state index in [-0.39, 0.29) is 11.2 Å². The second-order valence-electron chi connectivity index (χ2n) is 5.76. The Morgan fingerprint density at radius 2 is 1.78 bits per heavy atom. The molecule has 4 nitrogen and oxygen atoms in total. The smallest absolute Gasteiger partial charge is 0.433 e. The number of halogens is 4. The quantitative estimate of drug-likeness (QED) is 0.465. The third-order valence-electron chi connectivity index (χ3n) is 4.01. The van der Waals surface area contributed by atoms with E-state index in [1.54, 1.807) is 24.3 Å². The fourth-order valence-corrected chi connectivity index (χ4v) is 2.91. The minimum absolute atomic E-state index is 0.104. The first-order valence-corrected chi connectivity index (χ1v) is 8.16. The number of nitrogens with zero attached hydrogens (tertiary/aromatic N) is 2. The summed E-state index contributed by atoms with van der Waals surface area (Å²) in [5.74, 6) is 0.310. The summed E-state index contributed by atoms with van der Waals surface area (Å²) in [6, 6.07) is 13.0. The van der Waals surface area contributed by atoms with Crippen LogP contribution in [0, 0.1) is 0 Å². The second kappa shape index (κ2) is 6.28. The van der Waals surface area contributed by atoms with Gasteiger partial charge in [-0.3, -0.25) is 9.36 Å². The Morgan fingerprint density at radius 3 is 2.41 bits per heavy atom. The highest BCUT2D eigenvalue weighted by Crippen LogP contribution is 2.30. The average Bonchev–Trinajstić information content (AvgIpc) is 3.15. The Labute approximate surface area is 155 Å². The molecule has 3 heterocycles. The van der Waals surface area contributed by atoms with Crippen molar-refractivity contribution in [1.29, 1.82) is 0 Å². The van der Waals surface area contributed by atoms with E-state index >= 15 is 0 Å². The zero-order chi connectivity index (χ0) is 19.2. The minimum atomic E-state index is -4.63. The normalized spacial score (nSPS) is 11.9. The van der Waals surface area contributed by atoms with Gasteiger partial charge in [0.05, 0.1) is 17.5 Å². The van der Waals surface area contributed by atoms with Crippen LogP contribution in [0.2, 0.25) is 5.02 Å². The molecule has 0 aliphatic rings. The van der Waals surface area contributed by atoms with Gasteiger partial charge in [0, 0.05) is 10.4 Å². The molecule has 0 amide bonds. The maximum absolute atomic E-state index is 13.1. The van der Waals surface area contributed by atoms with Crippen LogP contribution < -0.4 is 5.56 Å². The molecular formula is C19H10ClF3N2O2. The van der Waals surface area contributed by atoms with Gasteiger partial charge in [0.2, 0.25) is 0 Å². The lowest BCUT2D eigenvalue weighted by Crippen LogP contribution is -2.22. The third kappa shape index (κ3) is 3.10. The van der Waals surface area contributed by atoms with Gasteiger partial charge in [-0.2, -0.15) is 13.2 Å². The van der Waals surface area contributed by atoms with Crippen molar-refractivity contribution in [1.82, 2.24) is 9.55 Å². The van der Waals surface area contributed by atoms with E-state index in [1.807, 2.05) is 0 Å². The van der Waals surface area contributed by atoms with Crippen LogP contribution >= 0.6 is 11.6 Å². The summed E-state index contributed by atoms with van der Waals surface area (Å²) in [6.45, 7) is 0. The maximum Gasteiger partial charge on any atom is 0.433 e. The number of furan rings is 1. The Balaban J connectivity index is 2.10. The van der Waals surface area contributed by atoms with Crippen molar-refractivity contribution in [2.75, 3.05) is 0 Å². The van der Waals surface area contributed by atoms with Crippen molar-refractivity contribution in [3.05, 3.63) is 81.9 Å². The molecular weight excluding hydrogens is 381 g/mol. The van der Waals surface area contributed by atoms with Crippen LogP contribution in [0.1, 0.15) is 5.69 Å². The Kier molecular flexibility index (Phi) is 4.04. The number of aromatic nitrogens is 2. The molecule has 0 saturated heterocycles. The van der Waals surface area contributed by atoms with E-state index in [0.29, 0.717) is 21.9 Å². The zero-order valence-electron chi connectivity index (χ0n) is 13.5. The van der Waals surface area contributed by atoms with Gasteiger partial charge in [-0.05, 0) is 54.6 Å². The summed E-state index contributed by atoms with van der Waals surface area (Å²) in [7, 11) is 0. The van der Waals surface area contributed by atoms with Crippen LogP contribution in [0.5, 0.6) is 0 Å². The summed E-state index contributed by atoms with van der Waals surface area (Å²) in [5, 5.41) is 0.797. The molecule has 27 heavy (non-hydrogen) atoms. The van der Waals surface area contributed by atoms with Crippen molar-refractivity contribution >= 4 is 22.6 Å². The van der Waals surface area contributed by atoms with Crippen molar-refractivity contribution in [3.8, 4) is 17.0 Å². The zero-order valence-corrected chi connectivity index (χ0v) is 14.3. The van der Waals surface area contributed by atoms with Crippen LogP contribution in [0.25, 0.3) is 28.0 Å². The molecule has 0 N–H and O–H groups in total. The first-order chi connectivity index (χ1) is 12.8. The predicted octanol–water partition coefficient (Wildman–Crippen LogP) is 5.32. The molecule has 0 saturated carbocycles. The van der Waals surface area contributed by atoms with Gasteiger partial charge in [0.25, 0.3) is 5.56 Å². The van der Waals surface area contributed by atoms with Crippen LogP contribution in [0.15, 0.2) is 70.1 Å². The molecule has 4 aromatic rings. The topological polar surface area (TPSA) is 48.0 Å². The molecule has 0 aliphatic carbocycles. The van der Waals surface area contributed by atoms with Crippen LogP contribution in [-0.4, -0.2) is 9.55 Å². The summed E-state index contributed by atoms with van der Waals surface area (Å²) in [4.78, 5) is 16.8. The predicted molar refractivity (Wildman–Crippen MR) is 95.1 cm³/mol. The van der Waals surface area contributed by atoms with Crippen molar-refractivity contribution < 1.29 is 17.6 Å². The lowest BCUT2D eigenvalue weighted by Gasteiger charge is -2.14. The Hall–Kier alpha value is -3.06. The second-order valence-corrected chi connectivity index (χ2v) is 6.20. The Bertz CT molecular complexity index is 1180. The molecule has 0 fully saturated rings. The maximum atomic E-state index is 13.1. The Morgan fingerprint density at radius 1 is 1.04 bits per heavy atom. The summed E-state index contributed by atoms with van der Waals surface area (Å²) >= 11 is 5.89. The van der Waals surface area contributed by atoms with Gasteiger partial charge >= 0.3 is 6.18 Å². The van der Waals surface area contributed by atoms with Gasteiger partial charge < -0.3 is 4.42 Å². The van der Waals surface area contributed by atoms with Crippen LogP contribution in [0.4, 0.5) is 13.2 Å². The van der Waals surface area contributed by atoms with E-state index in [0.717, 1.165) is 10.6 Å². The lowest BCUT2D eigenvalue weighted by atomic mass is 10.1. The van der Waals surface area contributed by atoms with Gasteiger partial charge in [-0.15, -0.1) is 0 Å². The van der Waals surface area contributed by atoms with Crippen LogP contribution in [-0.2, 0) is 6.18 Å². The highest BCUT2D eigenvalue weighted by molar-refractivity contribution is 6.30. The summed E-state index contributed by atoms with van der Waals surface area (Å²) in [5.41, 5.74) is -1.18. The van der Waals surface area contributed by atoms with Gasteiger partial charge in [0.1, 0.15) is 17.1 Å². The SMILES string of the molecule is O=c1c(-c2ccco2)cc2ccc(C(F)(F)F)nc2n1-c1ccc(Cl)cc1. The standard InChI is InChI=1S/C19H10ClF3N2O2/c20-12-4-6-13(7-5-12)25-17-11(3-8-16(24-17)19(21,22)23)10-14(18(25)26)15-2-1-9-27-15/h1-10H. The van der Waals surface area contributed by atoms with E-state index in [4.69, 9.17) is 16.0 Å². The number of hydrogen-bond donors (Lipinski definition) is 0. The number of fused-ring (bicyclic) bond motifs is 1. The van der Waals surface area contributed by atoms with Crippen molar-refractivity contribution in [2.24, 2.45) is 0 Å². The van der Waals surface area contributed by atoms with E-state index < -0.39 is 17.4 Å². The number of alkyl halides is 3. The molecule has 3 aromatic heterocycles. The summed E-state index contributed by atoms with van der Waals surface area (Å²) < 4.78 is 45.8. The van der Waals surface area contributed by atoms with Crippen molar-refractivity contribution in [2.45, 2.75) is 6.18 Å². The van der Waals surface area contributed by atoms with Crippen molar-refractivity contribution in [3.63, 3.8) is 0 Å². The van der Waals surface area contributed by atoms with E-state index in [9.17, 15) is 18.0 Å². The number of pyridine rings is 2. The van der Waals surface area contributed by atoms with Gasteiger partial charge in [-0.25, -0.2) is 4.98 Å². The van der Waals surface area contributed by atoms with Crippen LogP contribution in [0.3, 0.4) is 0 Å². The number of hydrogen-bond acceptors (Lipinski definition) is 3. The largest absolute Gasteiger partial charge is 0.464 e. The average molecular weight is 391 g/mol. The molecule has 0 atom stereocenters. The molecule has 0 spiro atoms. The molecule has 0 radical (unpaired) electrons. The fourth-order valence-electron chi connectivity index (χ4n) is 2.78. The first-order valence-electron chi connectivity index (χ1n) is 7.78. The molecule has 8 heteroatoms. The third-order valence-corrected chi connectivity index (χ3v) is 4.26. The number of benzene rings is 1. The molecule has 1 aromatic carbocycles. The molecule has 0 unspecified atom stereocenters. The molecule has 136 valence electrons. The molecule has 0 aliphatic heterocycles. The van der Waals surface area contributed by atoms with E-state index in [1.165, 1.54) is 30.5 Å².